The van der Waals surface area contributed by atoms with Gasteiger partial charge in [0.2, 0.25) is 0 Å². The molecule has 0 unspecified atom stereocenters. The lowest BCUT2D eigenvalue weighted by Crippen LogP contribution is -2.62. The van der Waals surface area contributed by atoms with Gasteiger partial charge in [-0.15, -0.1) is 0 Å². The lowest BCUT2D eigenvalue weighted by Gasteiger charge is -2.61. The van der Waals surface area contributed by atoms with Gasteiger partial charge in [-0.25, -0.2) is 28.8 Å². The molecule has 0 radical (unpaired) electrons. The van der Waals surface area contributed by atoms with Crippen molar-refractivity contribution in [1.82, 2.24) is 0 Å². The van der Waals surface area contributed by atoms with E-state index in [1.54, 1.807) is 41.5 Å². The summed E-state index contributed by atoms with van der Waals surface area (Å²) in [7, 11) is 0. The fourth-order valence-electron chi connectivity index (χ4n) is 18.4. The number of ether oxygens (including phenoxy) is 6. The van der Waals surface area contributed by atoms with Gasteiger partial charge in [0.05, 0.1) is 0 Å². The molecule has 13 rings (SSSR count). The molecule has 8 bridgehead atoms. The number of carbonyl (C=O) groups excluding carboxylic acids is 6. The molecule has 12 fully saturated rings. The Kier molecular flexibility index (Phi) is 27.3. The average Bonchev–Trinajstić information content (AvgIpc) is 0.849. The van der Waals surface area contributed by atoms with Crippen LogP contribution in [-0.4, -0.2) is 63.8 Å². The van der Waals surface area contributed by atoms with Crippen molar-refractivity contribution in [3.8, 4) is 0 Å². The molecular weight excluding hydrogens is 1180 g/mol. The highest BCUT2D eigenvalue weighted by molar-refractivity contribution is 5.89. The van der Waals surface area contributed by atoms with Crippen molar-refractivity contribution in [2.75, 3.05) is 0 Å². The lowest BCUT2D eigenvalue weighted by molar-refractivity contribution is -0.221. The molecule has 0 atom stereocenters. The minimum Gasteiger partial charge on any atom is -0.456 e. The zero-order chi connectivity index (χ0) is 69.7. The summed E-state index contributed by atoms with van der Waals surface area (Å²) < 4.78 is 34.2. The number of carbonyl (C=O) groups is 6. The molecule has 0 saturated heterocycles. The first-order chi connectivity index (χ1) is 44.1. The van der Waals surface area contributed by atoms with Crippen molar-refractivity contribution in [3.63, 3.8) is 0 Å². The molecule has 0 aromatic heterocycles. The summed E-state index contributed by atoms with van der Waals surface area (Å²) in [6, 6.07) is 8.30. The highest BCUT2D eigenvalue weighted by Crippen LogP contribution is 2.63. The summed E-state index contributed by atoms with van der Waals surface area (Å²) in [5, 5.41) is 0. The van der Waals surface area contributed by atoms with Crippen LogP contribution in [0.15, 0.2) is 97.2 Å². The van der Waals surface area contributed by atoms with Gasteiger partial charge in [-0.1, -0.05) is 111 Å². The molecule has 0 heterocycles. The molecule has 1 aromatic carbocycles. The number of hydrogen-bond donors (Lipinski definition) is 0. The first-order valence-electron chi connectivity index (χ1n) is 36.5. The maximum atomic E-state index is 12.1. The number of benzene rings is 1. The van der Waals surface area contributed by atoms with Crippen LogP contribution in [0.2, 0.25) is 0 Å². The molecule has 0 amide bonds. The van der Waals surface area contributed by atoms with E-state index in [1.165, 1.54) is 108 Å². The standard InChI is InChI=1S/C17H26O2.C16H24O2.C16H20O2.C12H20O2.C11H18O2.C10H16O2/c1-10(2)16(18)19-17(11(3)4)14-6-12-5-13(8-14)9-15(17)7-12;1-4-16(18-15(17)10(2)3)13-6-11-5-12(8-13)9-14(16)7-11;1-12(2)15(17)18-16(10-4-5-11-16)14-8-6-13(3)7-9-14;1-9(2)11(13)14-12(10(3)4)7-5-6-8-12;1-4-11(7-5-6-8-11)13-10(12)9(2)3;1-8(2)9(11)12-10(3)6-4-5-7-10/h11-15H,1,5-9H2,2-4H3;11-14H,2,4-9H2,1,3H3;6-9H,1,4-5,10-11H2,2-3H3;10H,1,5-8H2,2-4H3;2,4-8H2,1,3H3;1,4-7H2,2-3H3. The van der Waals surface area contributed by atoms with Gasteiger partial charge < -0.3 is 28.4 Å². The maximum Gasteiger partial charge on any atom is 0.333 e. The van der Waals surface area contributed by atoms with Crippen LogP contribution >= 0.6 is 0 Å². The smallest absolute Gasteiger partial charge is 0.333 e. The quantitative estimate of drug-likeness (QED) is 0.0827. The number of aryl methyl sites for hydroxylation is 1. The van der Waals surface area contributed by atoms with Crippen molar-refractivity contribution in [3.05, 3.63) is 108 Å². The van der Waals surface area contributed by atoms with E-state index in [9.17, 15) is 28.8 Å². The van der Waals surface area contributed by atoms with Crippen LogP contribution in [-0.2, 0) is 62.8 Å². The first-order valence-corrected chi connectivity index (χ1v) is 36.5. The molecule has 524 valence electrons. The van der Waals surface area contributed by atoms with E-state index < -0.39 is 5.60 Å². The Morgan fingerprint density at radius 3 is 1.13 bits per heavy atom. The van der Waals surface area contributed by atoms with Gasteiger partial charge >= 0.3 is 35.8 Å². The van der Waals surface area contributed by atoms with Gasteiger partial charge in [-0.2, -0.15) is 0 Å². The molecular formula is C82H124O12. The van der Waals surface area contributed by atoms with Gasteiger partial charge in [-0.3, -0.25) is 0 Å². The molecule has 0 spiro atoms. The van der Waals surface area contributed by atoms with Crippen LogP contribution in [0.1, 0.15) is 281 Å². The van der Waals surface area contributed by atoms with E-state index in [0.29, 0.717) is 68.9 Å². The number of hydrogen-bond acceptors (Lipinski definition) is 12. The Labute approximate surface area is 568 Å². The maximum absolute atomic E-state index is 12.1. The highest BCUT2D eigenvalue weighted by Gasteiger charge is 2.61. The van der Waals surface area contributed by atoms with E-state index in [-0.39, 0.29) is 63.8 Å². The third-order valence-corrected chi connectivity index (χ3v) is 23.6. The lowest BCUT2D eigenvalue weighted by atomic mass is 9.47. The molecule has 0 aliphatic heterocycles. The third-order valence-electron chi connectivity index (χ3n) is 23.6. The summed E-state index contributed by atoms with van der Waals surface area (Å²) in [5.41, 5.74) is 3.97. The van der Waals surface area contributed by atoms with Crippen molar-refractivity contribution < 1.29 is 57.2 Å². The Morgan fingerprint density at radius 1 is 0.404 bits per heavy atom. The number of esters is 6. The second kappa shape index (κ2) is 33.2. The second-order valence-electron chi connectivity index (χ2n) is 31.8. The van der Waals surface area contributed by atoms with Crippen LogP contribution in [0.5, 0.6) is 0 Å². The Bertz CT molecular complexity index is 2810. The molecule has 94 heavy (non-hydrogen) atoms. The van der Waals surface area contributed by atoms with Crippen molar-refractivity contribution in [1.29, 1.82) is 0 Å². The SMILES string of the molecule is C=C(C)C(=O)OC1(C(C)C)C2CC3CC(C2)CC1C3.C=C(C)C(=O)OC1(C(C)C)CCCC1.C=C(C)C(=O)OC1(C)CCCC1.C=C(C)C(=O)OC1(CC)C2CC3CC(C2)CC1C3.C=C(C)C(=O)OC1(CC)CCCC1.C=C(C)C(=O)OC1(c2ccc(C)cc2)CCCC1. The van der Waals surface area contributed by atoms with Crippen LogP contribution < -0.4 is 0 Å². The van der Waals surface area contributed by atoms with Gasteiger partial charge in [0.25, 0.3) is 0 Å². The van der Waals surface area contributed by atoms with E-state index in [2.05, 4.69) is 112 Å². The summed E-state index contributed by atoms with van der Waals surface area (Å²) in [6.07, 6.45) is 32.1. The van der Waals surface area contributed by atoms with Crippen molar-refractivity contribution >= 4 is 35.8 Å². The minimum absolute atomic E-state index is 0.163. The summed E-state index contributed by atoms with van der Waals surface area (Å²) in [4.78, 5) is 69.9. The average molecular weight is 1300 g/mol. The predicted octanol–water partition coefficient (Wildman–Crippen LogP) is 19.9. The minimum atomic E-state index is -0.427. The van der Waals surface area contributed by atoms with Crippen molar-refractivity contribution in [2.24, 2.45) is 59.2 Å². The molecule has 12 saturated carbocycles. The topological polar surface area (TPSA) is 158 Å². The molecule has 12 heteroatoms. The van der Waals surface area contributed by atoms with Gasteiger partial charge in [0.15, 0.2) is 0 Å². The molecule has 12 aliphatic rings. The summed E-state index contributed by atoms with van der Waals surface area (Å²) in [5.74, 6) is 5.48. The molecule has 1 aromatic rings. The zero-order valence-electron chi connectivity index (χ0n) is 61.0. The van der Waals surface area contributed by atoms with E-state index in [1.807, 2.05) is 6.92 Å². The third kappa shape index (κ3) is 19.0. The van der Waals surface area contributed by atoms with E-state index in [0.717, 1.165) is 106 Å². The van der Waals surface area contributed by atoms with Crippen LogP contribution in [0.3, 0.4) is 0 Å². The fourth-order valence-corrected chi connectivity index (χ4v) is 18.4. The normalized spacial score (nSPS) is 29.1. The second-order valence-corrected chi connectivity index (χ2v) is 31.8. The monoisotopic (exact) mass is 1300 g/mol. The summed E-state index contributed by atoms with van der Waals surface area (Å²) in [6.45, 7) is 49.2. The Morgan fingerprint density at radius 2 is 0.745 bits per heavy atom. The first kappa shape index (κ1) is 77.5. The van der Waals surface area contributed by atoms with Crippen molar-refractivity contribution in [2.45, 2.75) is 310 Å². The highest BCUT2D eigenvalue weighted by atomic mass is 16.6. The van der Waals surface area contributed by atoms with Crippen LogP contribution in [0.25, 0.3) is 0 Å². The zero-order valence-corrected chi connectivity index (χ0v) is 61.0. The molecule has 0 N–H and O–H groups in total. The van der Waals surface area contributed by atoms with E-state index in [4.69, 9.17) is 28.4 Å². The molecule has 12 aliphatic carbocycles. The van der Waals surface area contributed by atoms with Gasteiger partial charge in [0, 0.05) is 33.4 Å². The largest absolute Gasteiger partial charge is 0.456 e. The summed E-state index contributed by atoms with van der Waals surface area (Å²) >= 11 is 0. The fraction of sp³-hybridized carbons (Fsp3) is 0.707. The Balaban J connectivity index is 0.000000180. The van der Waals surface area contributed by atoms with E-state index >= 15 is 0 Å². The van der Waals surface area contributed by atoms with Crippen LogP contribution in [0, 0.1) is 66.1 Å². The Hall–Kier alpha value is -5.52. The number of rotatable bonds is 17. The van der Waals surface area contributed by atoms with Gasteiger partial charge in [-0.05, 0) is 300 Å². The molecule has 12 nitrogen and oxygen atoms in total. The van der Waals surface area contributed by atoms with Gasteiger partial charge in [0.1, 0.15) is 33.6 Å². The predicted molar refractivity (Wildman–Crippen MR) is 376 cm³/mol. The van der Waals surface area contributed by atoms with Crippen LogP contribution in [0.4, 0.5) is 0 Å².